The molecule has 0 unspecified atom stereocenters. The lowest BCUT2D eigenvalue weighted by Gasteiger charge is -2.22. The van der Waals surface area contributed by atoms with E-state index in [1.54, 1.807) is 4.81 Å². The lowest BCUT2D eigenvalue weighted by atomic mass is 9.91. The average molecular weight is 290 g/mol. The molecule has 4 heteroatoms. The Hall–Kier alpha value is -2.36. The predicted octanol–water partition coefficient (Wildman–Crippen LogP) is 2.70. The molecule has 1 fully saturated rings. The number of nitrogens with zero attached hydrogens (tertiary/aromatic N) is 1. The van der Waals surface area contributed by atoms with Crippen LogP contribution in [0.1, 0.15) is 18.4 Å². The highest BCUT2D eigenvalue weighted by molar-refractivity contribution is 6.66. The highest BCUT2D eigenvalue weighted by Gasteiger charge is 2.30. The quantitative estimate of drug-likeness (QED) is 0.627. The molecule has 0 aromatic heterocycles. The molecule has 1 amide bonds. The van der Waals surface area contributed by atoms with Crippen LogP contribution in [0.2, 0.25) is 0 Å². The van der Waals surface area contributed by atoms with Crippen molar-refractivity contribution in [2.24, 2.45) is 0 Å². The number of hydrogen-bond acceptors (Lipinski definition) is 2. The van der Waals surface area contributed by atoms with E-state index in [4.69, 9.17) is 0 Å². The zero-order valence-corrected chi connectivity index (χ0v) is 12.3. The molecule has 0 N–H and O–H groups in total. The van der Waals surface area contributed by atoms with Gasteiger partial charge in [-0.15, -0.1) is 0 Å². The summed E-state index contributed by atoms with van der Waals surface area (Å²) in [6.07, 6.45) is 2.81. The van der Waals surface area contributed by atoms with Gasteiger partial charge in [-0.1, -0.05) is 54.6 Å². The first-order chi connectivity index (χ1) is 10.8. The summed E-state index contributed by atoms with van der Waals surface area (Å²) in [5, 5.41) is 0. The summed E-state index contributed by atoms with van der Waals surface area (Å²) in [5.41, 5.74) is 3.56. The van der Waals surface area contributed by atoms with Gasteiger partial charge in [-0.25, -0.2) is 0 Å². The average Bonchev–Trinajstić information content (AvgIpc) is 2.90. The smallest absolute Gasteiger partial charge is 0.331 e. The Kier molecular flexibility index (Phi) is 4.38. The molecular formula is C18H17BNO2. The molecule has 3 nitrogen and oxygen atoms in total. The Labute approximate surface area is 131 Å². The van der Waals surface area contributed by atoms with Crippen molar-refractivity contribution in [2.75, 3.05) is 0 Å². The van der Waals surface area contributed by atoms with Crippen molar-refractivity contribution in [1.82, 2.24) is 4.81 Å². The third-order valence-corrected chi connectivity index (χ3v) is 4.13. The van der Waals surface area contributed by atoms with Gasteiger partial charge in [0.2, 0.25) is 5.91 Å². The van der Waals surface area contributed by atoms with Crippen molar-refractivity contribution in [3.63, 3.8) is 0 Å². The van der Waals surface area contributed by atoms with Gasteiger partial charge in [0.25, 0.3) is 0 Å². The van der Waals surface area contributed by atoms with Gasteiger partial charge in [0, 0.05) is 12.5 Å². The van der Waals surface area contributed by atoms with Crippen LogP contribution in [0, 0.1) is 0 Å². The Morgan fingerprint density at radius 3 is 2.41 bits per heavy atom. The minimum absolute atomic E-state index is 0.0398. The SMILES string of the molecule is O=C[B]N1C(=O)CC[C@H]1Cc1ccc(-c2ccccc2)cc1. The molecule has 0 saturated carbocycles. The maximum atomic E-state index is 11.7. The van der Waals surface area contributed by atoms with E-state index >= 15 is 0 Å². The van der Waals surface area contributed by atoms with Gasteiger partial charge in [0.1, 0.15) is 6.19 Å². The van der Waals surface area contributed by atoms with E-state index in [0.717, 1.165) is 12.8 Å². The molecule has 2 aromatic rings. The van der Waals surface area contributed by atoms with Crippen LogP contribution in [-0.4, -0.2) is 30.4 Å². The largest absolute Gasteiger partial charge is 0.380 e. The first-order valence-corrected chi connectivity index (χ1v) is 7.52. The number of carbonyl (C=O) groups is 2. The van der Waals surface area contributed by atoms with E-state index < -0.39 is 0 Å². The van der Waals surface area contributed by atoms with Gasteiger partial charge in [0.15, 0.2) is 0 Å². The maximum Gasteiger partial charge on any atom is 0.331 e. The van der Waals surface area contributed by atoms with E-state index in [0.29, 0.717) is 12.6 Å². The van der Waals surface area contributed by atoms with Crippen LogP contribution in [0.5, 0.6) is 0 Å². The summed E-state index contributed by atoms with van der Waals surface area (Å²) in [5.74, 6) is 0.0398. The van der Waals surface area contributed by atoms with Crippen LogP contribution >= 0.6 is 0 Å². The van der Waals surface area contributed by atoms with E-state index in [-0.39, 0.29) is 11.9 Å². The molecule has 1 aliphatic rings. The van der Waals surface area contributed by atoms with E-state index in [2.05, 4.69) is 36.4 Å². The third-order valence-electron chi connectivity index (χ3n) is 4.13. The normalized spacial score (nSPS) is 17.5. The zero-order chi connectivity index (χ0) is 15.4. The van der Waals surface area contributed by atoms with Crippen LogP contribution in [0.15, 0.2) is 54.6 Å². The zero-order valence-electron chi connectivity index (χ0n) is 12.3. The molecule has 1 aliphatic heterocycles. The Morgan fingerprint density at radius 2 is 1.73 bits per heavy atom. The molecule has 0 aliphatic carbocycles. The summed E-state index contributed by atoms with van der Waals surface area (Å²) in [4.78, 5) is 24.0. The number of benzene rings is 2. The van der Waals surface area contributed by atoms with Crippen LogP contribution < -0.4 is 0 Å². The van der Waals surface area contributed by atoms with Gasteiger partial charge >= 0.3 is 7.41 Å². The number of carbonyl (C=O) groups excluding carboxylic acids is 2. The van der Waals surface area contributed by atoms with Gasteiger partial charge in [-0.3, -0.25) is 4.79 Å². The molecule has 1 radical (unpaired) electrons. The van der Waals surface area contributed by atoms with Crippen molar-refractivity contribution in [3.05, 3.63) is 60.2 Å². The summed E-state index contributed by atoms with van der Waals surface area (Å²) in [6, 6.07) is 18.8. The highest BCUT2D eigenvalue weighted by Crippen LogP contribution is 2.23. The van der Waals surface area contributed by atoms with Crippen molar-refractivity contribution in [1.29, 1.82) is 0 Å². The van der Waals surface area contributed by atoms with Crippen LogP contribution in [0.4, 0.5) is 0 Å². The number of rotatable bonds is 5. The Morgan fingerprint density at radius 1 is 1.05 bits per heavy atom. The second kappa shape index (κ2) is 6.61. The van der Waals surface area contributed by atoms with Gasteiger partial charge < -0.3 is 9.61 Å². The van der Waals surface area contributed by atoms with Crippen molar-refractivity contribution in [2.45, 2.75) is 25.3 Å². The van der Waals surface area contributed by atoms with Gasteiger partial charge in [-0.05, 0) is 29.5 Å². The Balaban J connectivity index is 1.71. The molecule has 1 heterocycles. The first-order valence-electron chi connectivity index (χ1n) is 7.52. The molecule has 3 rings (SSSR count). The fraction of sp³-hybridized carbons (Fsp3) is 0.222. The summed E-state index contributed by atoms with van der Waals surface area (Å²) in [6.45, 7) is 0. The van der Waals surface area contributed by atoms with Crippen molar-refractivity contribution >= 4 is 19.5 Å². The molecule has 1 saturated heterocycles. The van der Waals surface area contributed by atoms with Crippen molar-refractivity contribution < 1.29 is 9.59 Å². The van der Waals surface area contributed by atoms with Crippen LogP contribution in [0.25, 0.3) is 11.1 Å². The molecule has 2 aromatic carbocycles. The molecule has 1 atom stereocenters. The second-order valence-corrected chi connectivity index (χ2v) is 5.55. The lowest BCUT2D eigenvalue weighted by molar-refractivity contribution is -0.124. The maximum absolute atomic E-state index is 11.7. The fourth-order valence-corrected chi connectivity index (χ4v) is 2.97. The van der Waals surface area contributed by atoms with Gasteiger partial charge in [0.05, 0.1) is 0 Å². The van der Waals surface area contributed by atoms with E-state index in [1.165, 1.54) is 24.1 Å². The van der Waals surface area contributed by atoms with E-state index in [1.807, 2.05) is 18.2 Å². The molecule has 109 valence electrons. The summed E-state index contributed by atoms with van der Waals surface area (Å²) in [7, 11) is 1.36. The molecule has 22 heavy (non-hydrogen) atoms. The third kappa shape index (κ3) is 3.11. The van der Waals surface area contributed by atoms with Crippen LogP contribution in [-0.2, 0) is 16.0 Å². The predicted molar refractivity (Wildman–Crippen MR) is 88.0 cm³/mol. The minimum Gasteiger partial charge on any atom is -0.380 e. The highest BCUT2D eigenvalue weighted by atomic mass is 16.2. The topological polar surface area (TPSA) is 37.4 Å². The Bertz CT molecular complexity index is 655. The summed E-state index contributed by atoms with van der Waals surface area (Å²) < 4.78 is 0. The monoisotopic (exact) mass is 290 g/mol. The standard InChI is InChI=1S/C18H17BNO2/c21-13-19-20-17(10-11-18(20)22)12-14-6-8-16(9-7-14)15-4-2-1-3-5-15/h1-9,13,17H,10-12H2/t17-/m0/s1. The van der Waals surface area contributed by atoms with Crippen molar-refractivity contribution in [3.8, 4) is 11.1 Å². The number of amides is 1. The second-order valence-electron chi connectivity index (χ2n) is 5.55. The lowest BCUT2D eigenvalue weighted by Crippen LogP contribution is -2.38. The fourth-order valence-electron chi connectivity index (χ4n) is 2.97. The minimum atomic E-state index is 0.0398. The van der Waals surface area contributed by atoms with Crippen LogP contribution in [0.3, 0.4) is 0 Å². The molecular weight excluding hydrogens is 273 g/mol. The molecule has 0 bridgehead atoms. The molecule has 0 spiro atoms. The number of hydrogen-bond donors (Lipinski definition) is 0. The first kappa shape index (κ1) is 14.6. The summed E-state index contributed by atoms with van der Waals surface area (Å²) >= 11 is 0. The van der Waals surface area contributed by atoms with Gasteiger partial charge in [-0.2, -0.15) is 0 Å². The van der Waals surface area contributed by atoms with E-state index in [9.17, 15) is 9.59 Å².